The molecule has 0 bridgehead atoms. The molecule has 0 unspecified atom stereocenters. The molecule has 3 aromatic rings. The number of hydrogen-bond donors (Lipinski definition) is 2. The largest absolute Gasteiger partial charge is 0.350 e. The number of aromatic nitrogens is 2. The topological polar surface area (TPSA) is 57.8 Å². The Balaban J connectivity index is 1.38. The van der Waals surface area contributed by atoms with Crippen LogP contribution in [-0.2, 0) is 16.6 Å². The number of imidazole rings is 1. The highest BCUT2D eigenvalue weighted by Crippen LogP contribution is 2.59. The first-order valence-corrected chi connectivity index (χ1v) is 11.0. The molecule has 1 aromatic heterocycles. The number of nitrogens with zero attached hydrogens (tertiary/aromatic N) is 1. The van der Waals surface area contributed by atoms with Crippen molar-refractivity contribution in [1.82, 2.24) is 15.3 Å². The normalized spacial score (nSPS) is 17.9. The predicted octanol–water partition coefficient (Wildman–Crippen LogP) is 5.08. The molecule has 1 aliphatic rings. The molecule has 4 rings (SSSR count). The molecule has 32 heavy (non-hydrogen) atoms. The molecule has 2 N–H and O–H groups in total. The summed E-state index contributed by atoms with van der Waals surface area (Å²) in [5.41, 5.74) is 1.56. The van der Waals surface area contributed by atoms with Crippen molar-refractivity contribution in [2.45, 2.75) is 44.1 Å². The molecular weight excluding hydrogens is 408 g/mol. The lowest BCUT2D eigenvalue weighted by Gasteiger charge is -2.18. The van der Waals surface area contributed by atoms with E-state index < -0.39 is 0 Å². The van der Waals surface area contributed by atoms with Crippen molar-refractivity contribution < 1.29 is 13.6 Å². The summed E-state index contributed by atoms with van der Waals surface area (Å²) in [5.74, 6) is 0.315. The van der Waals surface area contributed by atoms with Gasteiger partial charge in [0.25, 0.3) is 0 Å². The van der Waals surface area contributed by atoms with E-state index in [1.807, 2.05) is 13.0 Å². The van der Waals surface area contributed by atoms with E-state index in [1.165, 1.54) is 24.3 Å². The molecule has 0 aliphatic heterocycles. The molecule has 0 radical (unpaired) electrons. The second kappa shape index (κ2) is 9.47. The van der Waals surface area contributed by atoms with Crippen molar-refractivity contribution in [3.63, 3.8) is 0 Å². The van der Waals surface area contributed by atoms with E-state index in [0.717, 1.165) is 42.6 Å². The molecule has 2 aromatic carbocycles. The number of hydrogen-bond acceptors (Lipinski definition) is 2. The molecule has 4 nitrogen and oxygen atoms in total. The third-order valence-corrected chi connectivity index (χ3v) is 6.21. The maximum Gasteiger partial charge on any atom is 0.243 e. The third kappa shape index (κ3) is 4.96. The van der Waals surface area contributed by atoms with Crippen LogP contribution in [0, 0.1) is 17.6 Å². The van der Waals surface area contributed by atoms with Gasteiger partial charge in [0, 0.05) is 30.3 Å². The van der Waals surface area contributed by atoms with Crippen molar-refractivity contribution in [2.24, 2.45) is 5.92 Å². The van der Waals surface area contributed by atoms with Gasteiger partial charge in [-0.1, -0.05) is 30.3 Å². The van der Waals surface area contributed by atoms with Crippen LogP contribution in [0.3, 0.4) is 0 Å². The van der Waals surface area contributed by atoms with Crippen LogP contribution in [0.2, 0.25) is 0 Å². The van der Waals surface area contributed by atoms with Crippen molar-refractivity contribution in [2.75, 3.05) is 0 Å². The van der Waals surface area contributed by atoms with Crippen LogP contribution in [0.15, 0.2) is 73.1 Å². The third-order valence-electron chi connectivity index (χ3n) is 6.21. The van der Waals surface area contributed by atoms with Gasteiger partial charge in [0.2, 0.25) is 5.91 Å². The summed E-state index contributed by atoms with van der Waals surface area (Å²) in [6.07, 6.45) is 10.5. The van der Waals surface area contributed by atoms with Gasteiger partial charge in [0.1, 0.15) is 17.5 Å². The SMILES string of the molecule is C[C@@H](CCCc1ncc[nH]1)NC(=O)C=C[C@H]1CC1(c1ccc(F)cc1)c1ccc(F)cc1. The molecule has 1 saturated carbocycles. The Kier molecular flexibility index (Phi) is 6.49. The van der Waals surface area contributed by atoms with Crippen molar-refractivity contribution >= 4 is 5.91 Å². The van der Waals surface area contributed by atoms with E-state index >= 15 is 0 Å². The van der Waals surface area contributed by atoms with Crippen molar-refractivity contribution in [3.05, 3.63) is 102 Å². The summed E-state index contributed by atoms with van der Waals surface area (Å²) in [6, 6.07) is 12.9. The average Bonchev–Trinajstić information content (AvgIpc) is 3.27. The molecule has 0 spiro atoms. The minimum absolute atomic E-state index is 0.0558. The number of rotatable bonds is 9. The van der Waals surface area contributed by atoms with Crippen LogP contribution in [0.5, 0.6) is 0 Å². The Morgan fingerprint density at radius 2 is 1.78 bits per heavy atom. The van der Waals surface area contributed by atoms with Gasteiger partial charge in [-0.25, -0.2) is 13.8 Å². The van der Waals surface area contributed by atoms with E-state index in [1.54, 1.807) is 42.7 Å². The second-order valence-corrected chi connectivity index (χ2v) is 8.49. The number of aromatic amines is 1. The van der Waals surface area contributed by atoms with Gasteiger partial charge in [-0.3, -0.25) is 4.79 Å². The summed E-state index contributed by atoms with van der Waals surface area (Å²) < 4.78 is 26.9. The zero-order valence-corrected chi connectivity index (χ0v) is 18.0. The monoisotopic (exact) mass is 435 g/mol. The number of H-pyrrole nitrogens is 1. The van der Waals surface area contributed by atoms with Gasteiger partial charge in [-0.05, 0) is 73.6 Å². The zero-order chi connectivity index (χ0) is 22.6. The Labute approximate surface area is 186 Å². The van der Waals surface area contributed by atoms with Gasteiger partial charge in [0.15, 0.2) is 0 Å². The minimum atomic E-state index is -0.368. The fraction of sp³-hybridized carbons (Fsp3) is 0.308. The molecule has 166 valence electrons. The highest BCUT2D eigenvalue weighted by atomic mass is 19.1. The highest BCUT2D eigenvalue weighted by Gasteiger charge is 2.55. The molecule has 1 aliphatic carbocycles. The molecule has 1 heterocycles. The number of aryl methyl sites for hydroxylation is 1. The van der Waals surface area contributed by atoms with Crippen LogP contribution in [-0.4, -0.2) is 21.9 Å². The number of halogens is 2. The van der Waals surface area contributed by atoms with E-state index in [4.69, 9.17) is 0 Å². The van der Waals surface area contributed by atoms with E-state index in [0.29, 0.717) is 0 Å². The first kappa shape index (κ1) is 21.9. The molecule has 1 fully saturated rings. The van der Waals surface area contributed by atoms with Crippen molar-refractivity contribution in [1.29, 1.82) is 0 Å². The van der Waals surface area contributed by atoms with E-state index in [-0.39, 0.29) is 34.9 Å². The number of carbonyl (C=O) groups is 1. The first-order chi connectivity index (χ1) is 15.5. The highest BCUT2D eigenvalue weighted by molar-refractivity contribution is 5.87. The Bertz CT molecular complexity index is 1010. The lowest BCUT2D eigenvalue weighted by molar-refractivity contribution is -0.117. The summed E-state index contributed by atoms with van der Waals surface area (Å²) in [4.78, 5) is 19.7. The fourth-order valence-corrected chi connectivity index (χ4v) is 4.42. The van der Waals surface area contributed by atoms with Crippen LogP contribution in [0.1, 0.15) is 43.1 Å². The Morgan fingerprint density at radius 1 is 1.16 bits per heavy atom. The average molecular weight is 436 g/mol. The summed E-state index contributed by atoms with van der Waals surface area (Å²) in [5, 5.41) is 3.01. The lowest BCUT2D eigenvalue weighted by Crippen LogP contribution is -2.31. The summed E-state index contributed by atoms with van der Waals surface area (Å²) in [6.45, 7) is 1.99. The van der Waals surface area contributed by atoms with Gasteiger partial charge in [-0.2, -0.15) is 0 Å². The zero-order valence-electron chi connectivity index (χ0n) is 18.0. The number of carbonyl (C=O) groups excluding carboxylic acids is 1. The summed E-state index contributed by atoms with van der Waals surface area (Å²) in [7, 11) is 0. The summed E-state index contributed by atoms with van der Waals surface area (Å²) >= 11 is 0. The molecule has 2 atom stereocenters. The minimum Gasteiger partial charge on any atom is -0.350 e. The number of allylic oxidation sites excluding steroid dienone is 1. The molecular formula is C26H27F2N3O. The van der Waals surface area contributed by atoms with Crippen molar-refractivity contribution in [3.8, 4) is 0 Å². The van der Waals surface area contributed by atoms with E-state index in [2.05, 4.69) is 15.3 Å². The second-order valence-electron chi connectivity index (χ2n) is 8.49. The first-order valence-electron chi connectivity index (χ1n) is 11.0. The van der Waals surface area contributed by atoms with Gasteiger partial charge < -0.3 is 10.3 Å². The lowest BCUT2D eigenvalue weighted by atomic mass is 9.85. The van der Waals surface area contributed by atoms with Gasteiger partial charge in [-0.15, -0.1) is 0 Å². The van der Waals surface area contributed by atoms with Gasteiger partial charge >= 0.3 is 0 Å². The maximum atomic E-state index is 13.5. The van der Waals surface area contributed by atoms with Crippen LogP contribution in [0.25, 0.3) is 0 Å². The Morgan fingerprint density at radius 3 is 2.34 bits per heavy atom. The number of benzene rings is 2. The Hall–Kier alpha value is -3.28. The quantitative estimate of drug-likeness (QED) is 0.461. The maximum absolute atomic E-state index is 13.5. The number of nitrogens with one attached hydrogen (secondary N) is 2. The number of amides is 1. The fourth-order valence-electron chi connectivity index (χ4n) is 4.42. The standard InChI is InChI=1S/C26H27F2N3O/c1-18(3-2-4-24-29-15-16-30-24)31-25(32)14-9-21-17-26(21,19-5-10-22(27)11-6-19)20-7-12-23(28)13-8-20/h5-16,18,21H,2-4,17H2,1H3,(H,29,30)(H,31,32)/t18-,21-/m0/s1. The predicted molar refractivity (Wildman–Crippen MR) is 120 cm³/mol. The molecule has 0 saturated heterocycles. The van der Waals surface area contributed by atoms with Gasteiger partial charge in [0.05, 0.1) is 0 Å². The van der Waals surface area contributed by atoms with E-state index in [9.17, 15) is 13.6 Å². The molecule has 6 heteroatoms. The van der Waals surface area contributed by atoms with Crippen LogP contribution in [0.4, 0.5) is 8.78 Å². The van der Waals surface area contributed by atoms with Crippen LogP contribution < -0.4 is 5.32 Å². The smallest absolute Gasteiger partial charge is 0.243 e. The molecule has 1 amide bonds. The van der Waals surface area contributed by atoms with Crippen LogP contribution >= 0.6 is 0 Å².